The van der Waals surface area contributed by atoms with Crippen LogP contribution in [0.1, 0.15) is 30.3 Å². The molecule has 0 bridgehead atoms. The highest BCUT2D eigenvalue weighted by atomic mass is 16.5. The lowest BCUT2D eigenvalue weighted by Crippen LogP contribution is -2.29. The monoisotopic (exact) mass is 266 g/mol. The van der Waals surface area contributed by atoms with Crippen molar-refractivity contribution in [2.75, 3.05) is 18.9 Å². The fraction of sp³-hybridized carbons (Fsp3) is 0.583. The van der Waals surface area contributed by atoms with Gasteiger partial charge in [-0.1, -0.05) is 0 Å². The van der Waals surface area contributed by atoms with Gasteiger partial charge in [-0.25, -0.2) is 4.79 Å². The Bertz CT molecular complexity index is 479. The molecule has 0 saturated heterocycles. The maximum absolute atomic E-state index is 11.6. The Morgan fingerprint density at radius 1 is 1.58 bits per heavy atom. The van der Waals surface area contributed by atoms with Gasteiger partial charge in [-0.3, -0.25) is 9.48 Å². The summed E-state index contributed by atoms with van der Waals surface area (Å²) in [5.41, 5.74) is 5.93. The van der Waals surface area contributed by atoms with Gasteiger partial charge in [-0.05, 0) is 25.7 Å². The van der Waals surface area contributed by atoms with Crippen LogP contribution in [0, 0.1) is 5.92 Å². The summed E-state index contributed by atoms with van der Waals surface area (Å²) in [6.07, 6.45) is 3.83. The summed E-state index contributed by atoms with van der Waals surface area (Å²) >= 11 is 0. The second-order valence-corrected chi connectivity index (χ2v) is 4.60. The highest BCUT2D eigenvalue weighted by molar-refractivity contribution is 5.92. The Morgan fingerprint density at radius 2 is 2.32 bits per heavy atom. The maximum atomic E-state index is 11.6. The van der Waals surface area contributed by atoms with Gasteiger partial charge in [0, 0.05) is 12.7 Å². The molecule has 0 aliphatic heterocycles. The first-order valence-corrected chi connectivity index (χ1v) is 6.37. The second-order valence-electron chi connectivity index (χ2n) is 4.60. The van der Waals surface area contributed by atoms with Crippen LogP contribution in [0.2, 0.25) is 0 Å². The topological polar surface area (TPSA) is 99.2 Å². The minimum absolute atomic E-state index is 0.0519. The Kier molecular flexibility index (Phi) is 4.03. The molecule has 1 saturated carbocycles. The third-order valence-corrected chi connectivity index (χ3v) is 2.85. The number of carbonyl (C=O) groups is 2. The van der Waals surface area contributed by atoms with Gasteiger partial charge in [0.25, 0.3) is 0 Å². The highest BCUT2D eigenvalue weighted by Gasteiger charge is 2.22. The number of nitrogens with zero attached hydrogens (tertiary/aromatic N) is 2. The molecule has 104 valence electrons. The zero-order chi connectivity index (χ0) is 13.8. The van der Waals surface area contributed by atoms with Crippen LogP contribution in [0.5, 0.6) is 0 Å². The van der Waals surface area contributed by atoms with E-state index in [0.29, 0.717) is 12.5 Å². The maximum Gasteiger partial charge on any atom is 0.361 e. The highest BCUT2D eigenvalue weighted by Crippen LogP contribution is 2.27. The number of hydrogen-bond acceptors (Lipinski definition) is 5. The second kappa shape index (κ2) is 5.73. The number of carbonyl (C=O) groups excluding carboxylic acids is 2. The fourth-order valence-corrected chi connectivity index (χ4v) is 1.66. The predicted octanol–water partition coefficient (Wildman–Crippen LogP) is 0.168. The average molecular weight is 266 g/mol. The van der Waals surface area contributed by atoms with E-state index in [9.17, 15) is 9.59 Å². The SMILES string of the molecule is CCOC(=O)c1nn(CC(=O)NCC2CC2)cc1N. The predicted molar refractivity (Wildman–Crippen MR) is 68.3 cm³/mol. The van der Waals surface area contributed by atoms with Crippen LogP contribution in [0.25, 0.3) is 0 Å². The summed E-state index contributed by atoms with van der Waals surface area (Å²) in [5.74, 6) is -0.0799. The Labute approximate surface area is 111 Å². The van der Waals surface area contributed by atoms with Crippen molar-refractivity contribution in [3.8, 4) is 0 Å². The normalized spacial score (nSPS) is 14.2. The number of rotatable bonds is 6. The zero-order valence-electron chi connectivity index (χ0n) is 10.9. The molecule has 0 unspecified atom stereocenters. The quantitative estimate of drug-likeness (QED) is 0.715. The minimum atomic E-state index is -0.572. The van der Waals surface area contributed by atoms with Crippen molar-refractivity contribution in [3.63, 3.8) is 0 Å². The van der Waals surface area contributed by atoms with E-state index in [2.05, 4.69) is 10.4 Å². The molecule has 1 aliphatic rings. The molecule has 1 aromatic rings. The number of ether oxygens (including phenoxy) is 1. The number of nitrogens with one attached hydrogen (secondary N) is 1. The van der Waals surface area contributed by atoms with Crippen LogP contribution in [0.15, 0.2) is 6.20 Å². The van der Waals surface area contributed by atoms with E-state index in [1.165, 1.54) is 23.7 Å². The standard InChI is InChI=1S/C12H18N4O3/c1-2-19-12(18)11-9(13)6-16(15-11)7-10(17)14-5-8-3-4-8/h6,8H,2-5,7,13H2,1H3,(H,14,17). The van der Waals surface area contributed by atoms with Gasteiger partial charge in [0.2, 0.25) is 5.91 Å². The van der Waals surface area contributed by atoms with Crippen molar-refractivity contribution in [2.24, 2.45) is 5.92 Å². The molecule has 0 atom stereocenters. The summed E-state index contributed by atoms with van der Waals surface area (Å²) < 4.78 is 6.17. The minimum Gasteiger partial charge on any atom is -0.461 e. The first-order valence-electron chi connectivity index (χ1n) is 6.37. The average Bonchev–Trinajstić information content (AvgIpc) is 3.11. The van der Waals surface area contributed by atoms with Crippen LogP contribution in [0.4, 0.5) is 5.69 Å². The van der Waals surface area contributed by atoms with E-state index < -0.39 is 5.97 Å². The number of nitrogens with two attached hydrogens (primary N) is 1. The lowest BCUT2D eigenvalue weighted by Gasteiger charge is -2.03. The molecular weight excluding hydrogens is 248 g/mol. The fourth-order valence-electron chi connectivity index (χ4n) is 1.66. The first-order chi connectivity index (χ1) is 9.10. The summed E-state index contributed by atoms with van der Waals surface area (Å²) in [6, 6.07) is 0. The van der Waals surface area contributed by atoms with Crippen molar-refractivity contribution in [3.05, 3.63) is 11.9 Å². The van der Waals surface area contributed by atoms with Gasteiger partial charge in [-0.15, -0.1) is 0 Å². The van der Waals surface area contributed by atoms with Crippen LogP contribution < -0.4 is 11.1 Å². The summed E-state index contributed by atoms with van der Waals surface area (Å²) in [7, 11) is 0. The Morgan fingerprint density at radius 3 is 2.95 bits per heavy atom. The molecule has 19 heavy (non-hydrogen) atoms. The van der Waals surface area contributed by atoms with Crippen LogP contribution in [-0.2, 0) is 16.1 Å². The molecule has 0 aromatic carbocycles. The zero-order valence-corrected chi connectivity index (χ0v) is 10.9. The van der Waals surface area contributed by atoms with E-state index in [4.69, 9.17) is 10.5 Å². The van der Waals surface area contributed by atoms with Crippen LogP contribution in [0.3, 0.4) is 0 Å². The number of aromatic nitrogens is 2. The van der Waals surface area contributed by atoms with E-state index in [0.717, 1.165) is 0 Å². The third-order valence-electron chi connectivity index (χ3n) is 2.85. The molecule has 1 fully saturated rings. The number of nitrogen functional groups attached to an aromatic ring is 1. The number of hydrogen-bond donors (Lipinski definition) is 2. The Balaban J connectivity index is 1.90. The van der Waals surface area contributed by atoms with E-state index in [1.54, 1.807) is 6.92 Å². The summed E-state index contributed by atoms with van der Waals surface area (Å²) in [5, 5.41) is 6.79. The van der Waals surface area contributed by atoms with Crippen molar-refractivity contribution >= 4 is 17.6 Å². The molecule has 7 nitrogen and oxygen atoms in total. The van der Waals surface area contributed by atoms with E-state index in [1.807, 2.05) is 0 Å². The van der Waals surface area contributed by atoms with Gasteiger partial charge >= 0.3 is 5.97 Å². The van der Waals surface area contributed by atoms with Gasteiger partial charge < -0.3 is 15.8 Å². The van der Waals surface area contributed by atoms with E-state index >= 15 is 0 Å². The molecule has 1 aliphatic carbocycles. The van der Waals surface area contributed by atoms with Crippen LogP contribution >= 0.6 is 0 Å². The molecule has 3 N–H and O–H groups in total. The molecule has 1 heterocycles. The number of anilines is 1. The van der Waals surface area contributed by atoms with Gasteiger partial charge in [0.1, 0.15) is 6.54 Å². The van der Waals surface area contributed by atoms with E-state index in [-0.39, 0.29) is 30.4 Å². The number of amides is 1. The van der Waals surface area contributed by atoms with Crippen molar-refractivity contribution < 1.29 is 14.3 Å². The molecule has 7 heteroatoms. The first kappa shape index (κ1) is 13.4. The van der Waals surface area contributed by atoms with Crippen molar-refractivity contribution in [1.82, 2.24) is 15.1 Å². The molecular formula is C12H18N4O3. The van der Waals surface area contributed by atoms with Gasteiger partial charge in [0.05, 0.1) is 12.3 Å². The van der Waals surface area contributed by atoms with Crippen molar-refractivity contribution in [1.29, 1.82) is 0 Å². The molecule has 2 rings (SSSR count). The third kappa shape index (κ3) is 3.70. The van der Waals surface area contributed by atoms with Crippen molar-refractivity contribution in [2.45, 2.75) is 26.3 Å². The summed E-state index contributed by atoms with van der Waals surface area (Å²) in [4.78, 5) is 23.1. The lowest BCUT2D eigenvalue weighted by molar-refractivity contribution is -0.121. The summed E-state index contributed by atoms with van der Waals surface area (Å²) in [6.45, 7) is 2.72. The smallest absolute Gasteiger partial charge is 0.361 e. The molecule has 0 spiro atoms. The largest absolute Gasteiger partial charge is 0.461 e. The lowest BCUT2D eigenvalue weighted by atomic mass is 10.4. The van der Waals surface area contributed by atoms with Gasteiger partial charge in [-0.2, -0.15) is 5.10 Å². The molecule has 1 aromatic heterocycles. The number of esters is 1. The van der Waals surface area contributed by atoms with Crippen LogP contribution in [-0.4, -0.2) is 34.8 Å². The molecule has 0 radical (unpaired) electrons. The Hall–Kier alpha value is -2.05. The molecule has 1 amide bonds. The van der Waals surface area contributed by atoms with Gasteiger partial charge in [0.15, 0.2) is 5.69 Å².